The number of carbonyl (C=O) groups excluding carboxylic acids is 4. The molecule has 552 valence electrons. The molecule has 0 aromatic heterocycles. The van der Waals surface area contributed by atoms with Crippen LogP contribution < -0.4 is 0 Å². The van der Waals surface area contributed by atoms with E-state index in [4.69, 9.17) is 37.0 Å². The molecule has 93 heavy (non-hydrogen) atoms. The van der Waals surface area contributed by atoms with Gasteiger partial charge in [0.1, 0.15) is 19.3 Å². The Morgan fingerprint density at radius 2 is 0.516 bits per heavy atom. The number of hydrogen-bond acceptors (Lipinski definition) is 15. The minimum Gasteiger partial charge on any atom is -0.462 e. The Labute approximate surface area is 568 Å². The maximum Gasteiger partial charge on any atom is 0.472 e. The summed E-state index contributed by atoms with van der Waals surface area (Å²) in [6, 6.07) is 0. The van der Waals surface area contributed by atoms with Gasteiger partial charge in [0.15, 0.2) is 12.2 Å². The molecule has 19 heteroatoms. The molecular formula is C74H144O17P2. The lowest BCUT2D eigenvalue weighted by Crippen LogP contribution is -2.30. The van der Waals surface area contributed by atoms with Crippen molar-refractivity contribution in [2.45, 2.75) is 388 Å². The van der Waals surface area contributed by atoms with E-state index in [1.807, 2.05) is 0 Å². The molecular weight excluding hydrogens is 1220 g/mol. The van der Waals surface area contributed by atoms with E-state index in [0.29, 0.717) is 31.6 Å². The molecule has 17 nitrogen and oxygen atoms in total. The molecule has 0 saturated carbocycles. The predicted octanol–water partition coefficient (Wildman–Crippen LogP) is 21.3. The summed E-state index contributed by atoms with van der Waals surface area (Å²) in [5.74, 6) is 0.933. The maximum absolute atomic E-state index is 13.0. The fraction of sp³-hybridized carbons (Fsp3) is 0.946. The Bertz CT molecular complexity index is 1840. The number of ether oxygens (including phenoxy) is 4. The number of phosphoric acid groups is 2. The van der Waals surface area contributed by atoms with E-state index in [1.54, 1.807) is 0 Å². The fourth-order valence-corrected chi connectivity index (χ4v) is 12.7. The topological polar surface area (TPSA) is 237 Å². The smallest absolute Gasteiger partial charge is 0.462 e. The SMILES string of the molecule is CCC(C)CCCCCCCCCCCCCCCCC(=O)O[C@H](COC(=O)CCCCCCCCCC(C)C)COP(=O)(O)OCC(O)COP(=O)(O)OC[C@@H](COC(=O)CCCCCCCCC(C)CC)OC(=O)CCCCCCCCCCCCCCC(C)C. The van der Waals surface area contributed by atoms with E-state index in [9.17, 15) is 43.2 Å². The van der Waals surface area contributed by atoms with Crippen LogP contribution in [-0.2, 0) is 65.4 Å². The minimum atomic E-state index is -4.96. The number of aliphatic hydroxyl groups is 1. The average molecular weight is 1370 g/mol. The van der Waals surface area contributed by atoms with Crippen LogP contribution in [0.15, 0.2) is 0 Å². The van der Waals surface area contributed by atoms with Gasteiger partial charge < -0.3 is 33.8 Å². The first kappa shape index (κ1) is 91.1. The van der Waals surface area contributed by atoms with Crippen LogP contribution in [0, 0.1) is 23.7 Å². The van der Waals surface area contributed by atoms with Gasteiger partial charge in [-0.25, -0.2) is 9.13 Å². The van der Waals surface area contributed by atoms with E-state index in [2.05, 4.69) is 55.4 Å². The van der Waals surface area contributed by atoms with E-state index in [1.165, 1.54) is 161 Å². The van der Waals surface area contributed by atoms with Gasteiger partial charge in [0, 0.05) is 25.7 Å². The minimum absolute atomic E-state index is 0.105. The third-order valence-corrected chi connectivity index (χ3v) is 19.7. The summed E-state index contributed by atoms with van der Waals surface area (Å²) in [7, 11) is -9.91. The van der Waals surface area contributed by atoms with Crippen LogP contribution in [0.5, 0.6) is 0 Å². The number of esters is 4. The first-order valence-corrected chi connectivity index (χ1v) is 41.3. The molecule has 0 aliphatic rings. The summed E-state index contributed by atoms with van der Waals surface area (Å²) < 4.78 is 68.4. The van der Waals surface area contributed by atoms with E-state index in [0.717, 1.165) is 120 Å². The van der Waals surface area contributed by atoms with Crippen LogP contribution in [0.25, 0.3) is 0 Å². The Hall–Kier alpha value is -1.94. The highest BCUT2D eigenvalue weighted by Gasteiger charge is 2.30. The normalized spacial score (nSPS) is 14.8. The van der Waals surface area contributed by atoms with Gasteiger partial charge in [-0.15, -0.1) is 0 Å². The quantitative estimate of drug-likeness (QED) is 0.0222. The highest BCUT2D eigenvalue weighted by molar-refractivity contribution is 7.47. The summed E-state index contributed by atoms with van der Waals surface area (Å²) >= 11 is 0. The number of rotatable bonds is 71. The number of phosphoric ester groups is 2. The van der Waals surface area contributed by atoms with Crippen LogP contribution in [0.3, 0.4) is 0 Å². The predicted molar refractivity (Wildman–Crippen MR) is 377 cm³/mol. The van der Waals surface area contributed by atoms with E-state index < -0.39 is 97.5 Å². The summed E-state index contributed by atoms with van der Waals surface area (Å²) in [5, 5.41) is 10.6. The summed E-state index contributed by atoms with van der Waals surface area (Å²) in [5.41, 5.74) is 0. The standard InChI is InChI=1S/C74H144O17P2/c1-9-66(7)52-44-36-28-22-18-13-11-12-14-19-23-29-40-48-56-73(78)90-69(60-84-71(76)54-46-38-31-25-27-35-43-51-65(5)6)62-88-92(80,81)86-58-68(75)59-87-93(82,83)89-63-70(61-85-72(77)55-47-39-33-32-37-45-53-67(8)10-2)91-74(79)57-49-41-30-24-20-16-15-17-21-26-34-42-50-64(3)4/h64-70,75H,9-63H2,1-8H3,(H,80,81)(H,82,83)/t66?,67?,68?,69-,70-/m1/s1. The van der Waals surface area contributed by atoms with E-state index in [-0.39, 0.29) is 25.7 Å². The van der Waals surface area contributed by atoms with Gasteiger partial charge in [0.25, 0.3) is 0 Å². The van der Waals surface area contributed by atoms with Gasteiger partial charge in [-0.3, -0.25) is 37.3 Å². The second-order valence-electron chi connectivity index (χ2n) is 28.1. The lowest BCUT2D eigenvalue weighted by Gasteiger charge is -2.21. The molecule has 7 atom stereocenters. The molecule has 0 aromatic rings. The van der Waals surface area contributed by atoms with Crippen molar-refractivity contribution in [2.75, 3.05) is 39.6 Å². The van der Waals surface area contributed by atoms with Gasteiger partial charge in [0.05, 0.1) is 26.4 Å². The zero-order valence-corrected chi connectivity index (χ0v) is 62.7. The summed E-state index contributed by atoms with van der Waals surface area (Å²) in [4.78, 5) is 72.7. The third-order valence-electron chi connectivity index (χ3n) is 17.8. The maximum atomic E-state index is 13.0. The van der Waals surface area contributed by atoms with Gasteiger partial charge in [-0.05, 0) is 49.4 Å². The van der Waals surface area contributed by atoms with Crippen molar-refractivity contribution in [1.82, 2.24) is 0 Å². The molecule has 0 spiro atoms. The number of carbonyl (C=O) groups is 4. The van der Waals surface area contributed by atoms with Crippen molar-refractivity contribution in [3.05, 3.63) is 0 Å². The van der Waals surface area contributed by atoms with Crippen molar-refractivity contribution in [3.63, 3.8) is 0 Å². The van der Waals surface area contributed by atoms with Crippen molar-refractivity contribution in [3.8, 4) is 0 Å². The van der Waals surface area contributed by atoms with Crippen LogP contribution in [0.2, 0.25) is 0 Å². The van der Waals surface area contributed by atoms with Crippen LogP contribution in [-0.4, -0.2) is 96.7 Å². The third kappa shape index (κ3) is 65.8. The molecule has 0 aliphatic heterocycles. The lowest BCUT2D eigenvalue weighted by molar-refractivity contribution is -0.161. The molecule has 0 saturated heterocycles. The van der Waals surface area contributed by atoms with Gasteiger partial charge in [0.2, 0.25) is 0 Å². The zero-order valence-electron chi connectivity index (χ0n) is 60.9. The molecule has 3 N–H and O–H groups in total. The Morgan fingerprint density at radius 1 is 0.301 bits per heavy atom. The molecule has 0 aromatic carbocycles. The highest BCUT2D eigenvalue weighted by atomic mass is 31.2. The number of aliphatic hydroxyl groups excluding tert-OH is 1. The molecule has 0 amide bonds. The second kappa shape index (κ2) is 63.5. The molecule has 5 unspecified atom stereocenters. The highest BCUT2D eigenvalue weighted by Crippen LogP contribution is 2.45. The molecule has 0 bridgehead atoms. The molecule has 0 rings (SSSR count). The Kier molecular flexibility index (Phi) is 62.2. The van der Waals surface area contributed by atoms with Crippen molar-refractivity contribution < 1.29 is 80.2 Å². The second-order valence-corrected chi connectivity index (χ2v) is 31.0. The van der Waals surface area contributed by atoms with Crippen LogP contribution in [0.4, 0.5) is 0 Å². The average Bonchev–Trinajstić information content (AvgIpc) is 1.99. The van der Waals surface area contributed by atoms with Crippen molar-refractivity contribution in [2.24, 2.45) is 23.7 Å². The van der Waals surface area contributed by atoms with Gasteiger partial charge in [-0.2, -0.15) is 0 Å². The van der Waals surface area contributed by atoms with Crippen LogP contribution >= 0.6 is 15.6 Å². The first-order chi connectivity index (χ1) is 44.7. The summed E-state index contributed by atoms with van der Waals surface area (Å²) in [6.45, 7) is 14.2. The van der Waals surface area contributed by atoms with Gasteiger partial charge >= 0.3 is 39.5 Å². The monoisotopic (exact) mass is 1370 g/mol. The van der Waals surface area contributed by atoms with Crippen molar-refractivity contribution >= 4 is 39.5 Å². The van der Waals surface area contributed by atoms with E-state index >= 15 is 0 Å². The Morgan fingerprint density at radius 3 is 0.763 bits per heavy atom. The number of hydrogen-bond donors (Lipinski definition) is 3. The van der Waals surface area contributed by atoms with Gasteiger partial charge in [-0.1, -0.05) is 319 Å². The van der Waals surface area contributed by atoms with Crippen LogP contribution in [0.1, 0.15) is 370 Å². The first-order valence-electron chi connectivity index (χ1n) is 38.3. The number of unbranched alkanes of at least 4 members (excludes halogenated alkanes) is 35. The lowest BCUT2D eigenvalue weighted by atomic mass is 9.99. The zero-order chi connectivity index (χ0) is 68.9. The largest absolute Gasteiger partial charge is 0.472 e. The summed E-state index contributed by atoms with van der Waals surface area (Å²) in [6.07, 6.45) is 47.2. The fourth-order valence-electron chi connectivity index (χ4n) is 11.1. The molecule has 0 aliphatic carbocycles. The molecule has 0 radical (unpaired) electrons. The molecule has 0 heterocycles. The Balaban J connectivity index is 5.23. The molecule has 0 fully saturated rings. The van der Waals surface area contributed by atoms with Crippen molar-refractivity contribution in [1.29, 1.82) is 0 Å².